The van der Waals surface area contributed by atoms with E-state index in [1.54, 1.807) is 18.1 Å². The van der Waals surface area contributed by atoms with Crippen LogP contribution in [0.2, 0.25) is 5.02 Å². The van der Waals surface area contributed by atoms with Crippen molar-refractivity contribution in [2.45, 2.75) is 17.2 Å². The summed E-state index contributed by atoms with van der Waals surface area (Å²) in [6, 6.07) is 24.2. The van der Waals surface area contributed by atoms with E-state index in [9.17, 15) is 4.79 Å². The Morgan fingerprint density at radius 1 is 0.969 bits per heavy atom. The first kappa shape index (κ1) is 20.9. The van der Waals surface area contributed by atoms with Crippen LogP contribution in [-0.2, 0) is 12.3 Å². The van der Waals surface area contributed by atoms with Crippen molar-refractivity contribution in [1.29, 1.82) is 0 Å². The quantitative estimate of drug-likeness (QED) is 0.262. The van der Waals surface area contributed by atoms with Crippen LogP contribution in [0.25, 0.3) is 20.7 Å². The summed E-state index contributed by atoms with van der Waals surface area (Å²) in [5.74, 6) is 0.832. The van der Waals surface area contributed by atoms with Crippen LogP contribution in [0, 0.1) is 0 Å². The Hall–Kier alpha value is -2.93. The van der Waals surface area contributed by atoms with Gasteiger partial charge in [0.1, 0.15) is 4.70 Å². The molecule has 0 bridgehead atoms. The highest BCUT2D eigenvalue weighted by molar-refractivity contribution is 7.98. The van der Waals surface area contributed by atoms with Crippen LogP contribution in [-0.4, -0.2) is 14.5 Å². The minimum absolute atomic E-state index is 0.189. The van der Waals surface area contributed by atoms with Gasteiger partial charge in [0, 0.05) is 33.3 Å². The largest absolute Gasteiger partial charge is 0.326 e. The van der Waals surface area contributed by atoms with Gasteiger partial charge in [-0.15, -0.1) is 23.1 Å². The molecule has 0 aliphatic carbocycles. The summed E-state index contributed by atoms with van der Waals surface area (Å²) in [5, 5.41) is 0.705. The van der Waals surface area contributed by atoms with E-state index in [2.05, 4.69) is 40.3 Å². The van der Waals surface area contributed by atoms with Gasteiger partial charge in [-0.1, -0.05) is 41.9 Å². The topological polar surface area (TPSA) is 47.8 Å². The fourth-order valence-corrected chi connectivity index (χ4v) is 5.41. The van der Waals surface area contributed by atoms with Gasteiger partial charge in [-0.3, -0.25) is 9.78 Å². The molecule has 0 aliphatic heterocycles. The van der Waals surface area contributed by atoms with Crippen LogP contribution in [0.15, 0.2) is 95.0 Å². The smallest absolute Gasteiger partial charge is 0.290 e. The zero-order valence-electron chi connectivity index (χ0n) is 16.9. The number of nitrogens with zero attached hydrogens (tertiary/aromatic N) is 3. The summed E-state index contributed by atoms with van der Waals surface area (Å²) in [6.45, 7) is 0.625. The van der Waals surface area contributed by atoms with Gasteiger partial charge in [-0.05, 0) is 53.6 Å². The van der Waals surface area contributed by atoms with Gasteiger partial charge in [0.2, 0.25) is 0 Å². The van der Waals surface area contributed by atoms with Gasteiger partial charge in [0.15, 0.2) is 0 Å². The van der Waals surface area contributed by atoms with E-state index in [1.165, 1.54) is 16.2 Å². The molecule has 4 nitrogen and oxygen atoms in total. The zero-order valence-corrected chi connectivity index (χ0v) is 19.3. The molecular weight excluding hydrogens is 458 g/mol. The van der Waals surface area contributed by atoms with E-state index in [4.69, 9.17) is 11.6 Å². The average molecular weight is 476 g/mol. The third kappa shape index (κ3) is 4.63. The Morgan fingerprint density at radius 2 is 1.78 bits per heavy atom. The van der Waals surface area contributed by atoms with Crippen LogP contribution in [0.4, 0.5) is 0 Å². The number of thiophene rings is 1. The van der Waals surface area contributed by atoms with Crippen molar-refractivity contribution in [1.82, 2.24) is 14.5 Å². The Labute approximate surface area is 198 Å². The molecular formula is C25H18ClN3OS2. The number of benzene rings is 2. The number of halogens is 1. The molecule has 0 aliphatic rings. The van der Waals surface area contributed by atoms with Crippen LogP contribution < -0.4 is 5.56 Å². The molecule has 0 atom stereocenters. The fourth-order valence-electron chi connectivity index (χ4n) is 3.40. The second-order valence-corrected chi connectivity index (χ2v) is 9.80. The van der Waals surface area contributed by atoms with Crippen molar-refractivity contribution < 1.29 is 0 Å². The fraction of sp³-hybridized carbons (Fsp3) is 0.0800. The molecule has 0 fully saturated rings. The van der Waals surface area contributed by atoms with Crippen molar-refractivity contribution >= 4 is 44.9 Å². The number of rotatable bonds is 6. The summed E-state index contributed by atoms with van der Waals surface area (Å²) < 4.78 is 2.68. The van der Waals surface area contributed by atoms with Gasteiger partial charge >= 0.3 is 0 Å². The van der Waals surface area contributed by atoms with Crippen molar-refractivity contribution in [2.75, 3.05) is 0 Å². The number of thioether (sulfide) groups is 1. The second kappa shape index (κ2) is 9.28. The van der Waals surface area contributed by atoms with E-state index < -0.39 is 0 Å². The molecule has 2 aromatic carbocycles. The number of pyridine rings is 1. The maximum absolute atomic E-state index is 12.4. The molecule has 0 unspecified atom stereocenters. The van der Waals surface area contributed by atoms with E-state index in [0.717, 1.165) is 33.0 Å². The Morgan fingerprint density at radius 3 is 2.53 bits per heavy atom. The molecule has 0 saturated carbocycles. The summed E-state index contributed by atoms with van der Waals surface area (Å²) in [4.78, 5) is 23.1. The molecule has 32 heavy (non-hydrogen) atoms. The van der Waals surface area contributed by atoms with Crippen molar-refractivity contribution in [2.24, 2.45) is 0 Å². The minimum Gasteiger partial charge on any atom is -0.326 e. The highest BCUT2D eigenvalue weighted by Gasteiger charge is 2.12. The van der Waals surface area contributed by atoms with Crippen molar-refractivity contribution in [3.05, 3.63) is 112 Å². The third-order valence-corrected chi connectivity index (χ3v) is 7.51. The molecule has 5 aromatic rings. The highest BCUT2D eigenvalue weighted by atomic mass is 35.5. The first-order valence-electron chi connectivity index (χ1n) is 10.0. The maximum Gasteiger partial charge on any atom is 0.290 e. The lowest BCUT2D eigenvalue weighted by Crippen LogP contribution is -2.11. The minimum atomic E-state index is -0.189. The summed E-state index contributed by atoms with van der Waals surface area (Å²) in [5.41, 5.74) is 3.96. The molecule has 0 N–H and O–H groups in total. The molecule has 3 heterocycles. The average Bonchev–Trinajstić information content (AvgIpc) is 3.29. The van der Waals surface area contributed by atoms with Crippen LogP contribution >= 0.6 is 34.7 Å². The number of fused-ring (bicyclic) bond motifs is 1. The van der Waals surface area contributed by atoms with Crippen LogP contribution in [0.3, 0.4) is 0 Å². The lowest BCUT2D eigenvalue weighted by molar-refractivity contribution is 0.800. The highest BCUT2D eigenvalue weighted by Crippen LogP contribution is 2.33. The lowest BCUT2D eigenvalue weighted by Gasteiger charge is -2.07. The molecule has 0 saturated heterocycles. The monoisotopic (exact) mass is 475 g/mol. The van der Waals surface area contributed by atoms with E-state index in [-0.39, 0.29) is 5.56 Å². The molecule has 0 spiro atoms. The van der Waals surface area contributed by atoms with E-state index >= 15 is 0 Å². The van der Waals surface area contributed by atoms with E-state index in [1.807, 2.05) is 53.2 Å². The summed E-state index contributed by atoms with van der Waals surface area (Å²) in [7, 11) is 0. The van der Waals surface area contributed by atoms with Gasteiger partial charge in [-0.25, -0.2) is 0 Å². The standard InChI is InChI=1S/C25H18ClN3OS2/c26-19-8-4-17(5-9-19)14-29-16-28-25(30)24-22(29)13-23(32-24)18-6-10-21(11-7-18)31-15-20-3-1-2-12-27-20/h1-13,16H,14-15H2. The molecule has 7 heteroatoms. The molecule has 0 amide bonds. The summed E-state index contributed by atoms with van der Waals surface area (Å²) >= 11 is 9.24. The first-order chi connectivity index (χ1) is 15.7. The van der Waals surface area contributed by atoms with Crippen molar-refractivity contribution in [3.63, 3.8) is 0 Å². The van der Waals surface area contributed by atoms with Crippen LogP contribution in [0.5, 0.6) is 0 Å². The molecule has 0 radical (unpaired) electrons. The molecule has 158 valence electrons. The van der Waals surface area contributed by atoms with Gasteiger partial charge in [0.25, 0.3) is 5.56 Å². The van der Waals surface area contributed by atoms with Crippen LogP contribution in [0.1, 0.15) is 11.3 Å². The number of aromatic nitrogens is 3. The Balaban J connectivity index is 1.40. The molecule has 3 aromatic heterocycles. The van der Waals surface area contributed by atoms with Gasteiger partial charge in [-0.2, -0.15) is 4.98 Å². The predicted octanol–water partition coefficient (Wildman–Crippen LogP) is 6.51. The number of hydrogen-bond acceptors (Lipinski definition) is 5. The maximum atomic E-state index is 12.4. The van der Waals surface area contributed by atoms with Crippen molar-refractivity contribution in [3.8, 4) is 10.4 Å². The SMILES string of the molecule is O=c1ncn(Cc2ccc(Cl)cc2)c2cc(-c3ccc(SCc4ccccn4)cc3)sc12. The van der Waals surface area contributed by atoms with E-state index in [0.29, 0.717) is 16.3 Å². The Bertz CT molecular complexity index is 1410. The number of hydrogen-bond donors (Lipinski definition) is 0. The van der Waals surface area contributed by atoms with Gasteiger partial charge < -0.3 is 4.57 Å². The molecule has 5 rings (SSSR count). The lowest BCUT2D eigenvalue weighted by atomic mass is 10.2. The summed E-state index contributed by atoms with van der Waals surface area (Å²) in [6.07, 6.45) is 3.44. The third-order valence-electron chi connectivity index (χ3n) is 5.05. The zero-order chi connectivity index (χ0) is 21.9. The Kier molecular flexibility index (Phi) is 6.08. The first-order valence-corrected chi connectivity index (χ1v) is 12.2. The normalized spacial score (nSPS) is 11.2. The predicted molar refractivity (Wildman–Crippen MR) is 134 cm³/mol. The second-order valence-electron chi connectivity index (χ2n) is 7.26. The van der Waals surface area contributed by atoms with Gasteiger partial charge in [0.05, 0.1) is 17.5 Å².